The maximum atomic E-state index is 10.8. The lowest BCUT2D eigenvalue weighted by molar-refractivity contribution is -0.385. The fourth-order valence-electron chi connectivity index (χ4n) is 1.37. The van der Waals surface area contributed by atoms with Crippen molar-refractivity contribution in [3.05, 3.63) is 42.8 Å². The zero-order valence-corrected chi connectivity index (χ0v) is 11.1. The van der Waals surface area contributed by atoms with Crippen LogP contribution in [0.3, 0.4) is 0 Å². The highest BCUT2D eigenvalue weighted by Crippen LogP contribution is 2.22. The second-order valence-electron chi connectivity index (χ2n) is 3.35. The Bertz CT molecular complexity index is 590. The van der Waals surface area contributed by atoms with Crippen molar-refractivity contribution < 1.29 is 14.8 Å². The number of carboxylic acids is 1. The summed E-state index contributed by atoms with van der Waals surface area (Å²) in [5.74, 6) is -1.41. The molecule has 2 aromatic rings. The van der Waals surface area contributed by atoms with Crippen molar-refractivity contribution in [1.29, 1.82) is 0 Å². The van der Waals surface area contributed by atoms with Gasteiger partial charge in [-0.2, -0.15) is 5.10 Å². The number of carboxylic acid groups (broad SMARTS) is 1. The van der Waals surface area contributed by atoms with Gasteiger partial charge in [0.05, 0.1) is 11.5 Å². The van der Waals surface area contributed by atoms with Crippen molar-refractivity contribution in [2.24, 2.45) is 0 Å². The first-order valence-corrected chi connectivity index (χ1v) is 6.32. The number of nitrogens with zero attached hydrogens (tertiary/aromatic N) is 3. The minimum atomic E-state index is -1.41. The van der Waals surface area contributed by atoms with E-state index in [9.17, 15) is 14.9 Å². The Morgan fingerprint density at radius 3 is 2.83 bits per heavy atom. The number of rotatable bonds is 4. The predicted octanol–water partition coefficient (Wildman–Crippen LogP) is 2.36. The van der Waals surface area contributed by atoms with Crippen LogP contribution in [0.4, 0.5) is 5.69 Å². The molecule has 0 unspecified atom stereocenters. The smallest absolute Gasteiger partial charge is 0.363 e. The van der Waals surface area contributed by atoms with E-state index in [1.165, 1.54) is 16.0 Å². The third-order valence-corrected chi connectivity index (χ3v) is 3.76. The number of carbonyl (C=O) groups is 1. The van der Waals surface area contributed by atoms with Crippen LogP contribution in [0, 0.1) is 10.1 Å². The van der Waals surface area contributed by atoms with Crippen LogP contribution in [0.2, 0.25) is 0 Å². The molecule has 0 aromatic carbocycles. The Morgan fingerprint density at radius 1 is 1.67 bits per heavy atom. The van der Waals surface area contributed by atoms with Crippen molar-refractivity contribution in [3.8, 4) is 0 Å². The third-order valence-electron chi connectivity index (χ3n) is 2.08. The molecule has 0 amide bonds. The van der Waals surface area contributed by atoms with Crippen LogP contribution in [0.1, 0.15) is 15.4 Å². The minimum absolute atomic E-state index is 0.296. The van der Waals surface area contributed by atoms with Crippen LogP contribution >= 0.6 is 27.3 Å². The van der Waals surface area contributed by atoms with Crippen LogP contribution in [0.25, 0.3) is 0 Å². The molecule has 0 aliphatic heterocycles. The van der Waals surface area contributed by atoms with Gasteiger partial charge >= 0.3 is 11.7 Å². The molecule has 94 valence electrons. The van der Waals surface area contributed by atoms with Gasteiger partial charge in [-0.25, -0.2) is 4.79 Å². The third kappa shape index (κ3) is 2.57. The molecule has 2 heterocycles. The van der Waals surface area contributed by atoms with Crippen LogP contribution in [-0.2, 0) is 6.54 Å². The first-order valence-electron chi connectivity index (χ1n) is 4.65. The number of hydrogen-bond acceptors (Lipinski definition) is 5. The van der Waals surface area contributed by atoms with E-state index in [2.05, 4.69) is 21.0 Å². The highest BCUT2D eigenvalue weighted by atomic mass is 79.9. The van der Waals surface area contributed by atoms with Gasteiger partial charge in [0.15, 0.2) is 0 Å². The Hall–Kier alpha value is -1.74. The molecular formula is C9H6BrN3O4S. The quantitative estimate of drug-likeness (QED) is 0.684. The number of aromatic nitrogens is 2. The summed E-state index contributed by atoms with van der Waals surface area (Å²) in [5, 5.41) is 25.1. The molecule has 0 atom stereocenters. The minimum Gasteiger partial charge on any atom is -0.476 e. The molecule has 18 heavy (non-hydrogen) atoms. The lowest BCUT2D eigenvalue weighted by Crippen LogP contribution is -2.03. The zero-order chi connectivity index (χ0) is 13.3. The van der Waals surface area contributed by atoms with Crippen molar-refractivity contribution in [3.63, 3.8) is 0 Å². The number of aromatic carboxylic acids is 1. The standard InChI is InChI=1S/C9H6BrN3O4S/c10-5-1-6(18-4-5)2-12-3-7(13(16)17)8(11-12)9(14)15/h1,3-4H,2H2,(H,14,15). The number of thiophene rings is 1. The van der Waals surface area contributed by atoms with E-state index in [1.807, 2.05) is 11.4 Å². The summed E-state index contributed by atoms with van der Waals surface area (Å²) in [7, 11) is 0. The second kappa shape index (κ2) is 4.86. The van der Waals surface area contributed by atoms with Crippen molar-refractivity contribution in [2.75, 3.05) is 0 Å². The molecule has 2 aromatic heterocycles. The molecule has 9 heteroatoms. The number of nitro groups is 1. The largest absolute Gasteiger partial charge is 0.476 e. The van der Waals surface area contributed by atoms with Gasteiger partial charge in [-0.15, -0.1) is 11.3 Å². The van der Waals surface area contributed by atoms with Gasteiger partial charge < -0.3 is 5.11 Å². The van der Waals surface area contributed by atoms with E-state index in [0.717, 1.165) is 15.5 Å². The maximum Gasteiger partial charge on any atom is 0.363 e. The van der Waals surface area contributed by atoms with Gasteiger partial charge in [-0.05, 0) is 22.0 Å². The predicted molar refractivity (Wildman–Crippen MR) is 67.0 cm³/mol. The van der Waals surface area contributed by atoms with E-state index in [1.54, 1.807) is 0 Å². The Balaban J connectivity index is 2.32. The number of hydrogen-bond donors (Lipinski definition) is 1. The highest BCUT2D eigenvalue weighted by Gasteiger charge is 2.25. The summed E-state index contributed by atoms with van der Waals surface area (Å²) < 4.78 is 2.16. The molecule has 0 bridgehead atoms. The van der Waals surface area contributed by atoms with Gasteiger partial charge in [0.25, 0.3) is 0 Å². The second-order valence-corrected chi connectivity index (χ2v) is 5.27. The highest BCUT2D eigenvalue weighted by molar-refractivity contribution is 9.10. The van der Waals surface area contributed by atoms with E-state index in [0.29, 0.717) is 6.54 Å². The maximum absolute atomic E-state index is 10.8. The van der Waals surface area contributed by atoms with Crippen molar-refractivity contribution in [2.45, 2.75) is 6.54 Å². The van der Waals surface area contributed by atoms with E-state index < -0.39 is 22.3 Å². The summed E-state index contributed by atoms with van der Waals surface area (Å²) >= 11 is 4.74. The molecule has 0 aliphatic rings. The summed E-state index contributed by atoms with van der Waals surface area (Å²) in [6, 6.07) is 1.85. The van der Waals surface area contributed by atoms with Crippen LogP contribution in [0.5, 0.6) is 0 Å². The topological polar surface area (TPSA) is 98.3 Å². The fraction of sp³-hybridized carbons (Fsp3) is 0.111. The van der Waals surface area contributed by atoms with Crippen LogP contribution in [-0.4, -0.2) is 25.8 Å². The average Bonchev–Trinajstić information content (AvgIpc) is 2.85. The van der Waals surface area contributed by atoms with E-state index >= 15 is 0 Å². The first-order chi connectivity index (χ1) is 8.47. The van der Waals surface area contributed by atoms with Gasteiger partial charge in [-0.1, -0.05) is 0 Å². The van der Waals surface area contributed by atoms with Crippen molar-refractivity contribution in [1.82, 2.24) is 9.78 Å². The molecule has 0 spiro atoms. The molecule has 0 saturated heterocycles. The van der Waals surface area contributed by atoms with E-state index in [4.69, 9.17) is 5.11 Å². The Labute approximate surface area is 113 Å². The van der Waals surface area contributed by atoms with Crippen molar-refractivity contribution >= 4 is 38.9 Å². The lowest BCUT2D eigenvalue weighted by Gasteiger charge is -1.95. The molecule has 7 nitrogen and oxygen atoms in total. The summed E-state index contributed by atoms with van der Waals surface area (Å²) in [6.07, 6.45) is 1.12. The van der Waals surface area contributed by atoms with Gasteiger partial charge in [0, 0.05) is 14.7 Å². The lowest BCUT2D eigenvalue weighted by atomic mass is 10.4. The Morgan fingerprint density at radius 2 is 2.39 bits per heavy atom. The molecule has 1 N–H and O–H groups in total. The fourth-order valence-corrected chi connectivity index (χ4v) is 2.82. The average molecular weight is 332 g/mol. The monoisotopic (exact) mass is 331 g/mol. The summed E-state index contributed by atoms with van der Waals surface area (Å²) in [4.78, 5) is 21.7. The first kappa shape index (κ1) is 12.7. The van der Waals surface area contributed by atoms with Gasteiger partial charge in [0.1, 0.15) is 6.20 Å². The Kier molecular flexibility index (Phi) is 3.43. The molecular weight excluding hydrogens is 326 g/mol. The molecule has 2 rings (SSSR count). The zero-order valence-electron chi connectivity index (χ0n) is 8.74. The molecule has 0 saturated carbocycles. The summed E-state index contributed by atoms with van der Waals surface area (Å²) in [6.45, 7) is 0.296. The van der Waals surface area contributed by atoms with Crippen LogP contribution < -0.4 is 0 Å². The normalized spacial score (nSPS) is 10.5. The molecule has 0 aliphatic carbocycles. The molecule has 0 fully saturated rings. The van der Waals surface area contributed by atoms with E-state index in [-0.39, 0.29) is 0 Å². The SMILES string of the molecule is O=C(O)c1nn(Cc2cc(Br)cs2)cc1[N+](=O)[O-]. The number of halogens is 1. The van der Waals surface area contributed by atoms with Gasteiger partial charge in [-0.3, -0.25) is 14.8 Å². The van der Waals surface area contributed by atoms with Gasteiger partial charge in [0.2, 0.25) is 5.69 Å². The summed E-state index contributed by atoms with van der Waals surface area (Å²) in [5.41, 5.74) is -1.05. The van der Waals surface area contributed by atoms with Crippen LogP contribution in [0.15, 0.2) is 22.1 Å². The molecule has 0 radical (unpaired) electrons.